The molecule has 1 aromatic rings. The van der Waals surface area contributed by atoms with Crippen LogP contribution in [0.15, 0.2) is 18.2 Å². The molecule has 82 valence electrons. The lowest BCUT2D eigenvalue weighted by atomic mass is 10.1. The molecule has 15 heavy (non-hydrogen) atoms. The summed E-state index contributed by atoms with van der Waals surface area (Å²) in [7, 11) is 0. The van der Waals surface area contributed by atoms with Gasteiger partial charge in [-0.25, -0.2) is 0 Å². The van der Waals surface area contributed by atoms with Gasteiger partial charge in [-0.1, -0.05) is 0 Å². The predicted octanol–water partition coefficient (Wildman–Crippen LogP) is 1.67. The lowest BCUT2D eigenvalue weighted by Crippen LogP contribution is -2.42. The van der Waals surface area contributed by atoms with Gasteiger partial charge in [0.2, 0.25) is 0 Å². The van der Waals surface area contributed by atoms with Crippen molar-refractivity contribution >= 4 is 24.0 Å². The van der Waals surface area contributed by atoms with Crippen LogP contribution in [0.5, 0.6) is 0 Å². The maximum Gasteiger partial charge on any atom is 0.0956 e. The van der Waals surface area contributed by atoms with Gasteiger partial charge in [-0.05, 0) is 30.7 Å². The van der Waals surface area contributed by atoms with Crippen molar-refractivity contribution in [1.82, 2.24) is 0 Å². The van der Waals surface area contributed by atoms with E-state index in [0.717, 1.165) is 18.8 Å². The molecule has 1 saturated heterocycles. The maximum absolute atomic E-state index is 5.73. The van der Waals surface area contributed by atoms with Crippen LogP contribution in [-0.2, 0) is 4.74 Å². The first-order valence-electron chi connectivity index (χ1n) is 5.07. The summed E-state index contributed by atoms with van der Waals surface area (Å²) in [5.41, 5.74) is 8.93. The van der Waals surface area contributed by atoms with Gasteiger partial charge in [0.05, 0.1) is 18.6 Å². The fraction of sp³-hybridized carbons (Fsp3) is 0.455. The van der Waals surface area contributed by atoms with E-state index in [1.54, 1.807) is 0 Å². The van der Waals surface area contributed by atoms with Crippen molar-refractivity contribution in [3.05, 3.63) is 23.8 Å². The van der Waals surface area contributed by atoms with Crippen molar-refractivity contribution in [3.63, 3.8) is 0 Å². The Labute approximate surface area is 95.6 Å². The van der Waals surface area contributed by atoms with Gasteiger partial charge in [-0.15, -0.1) is 0 Å². The molecule has 0 amide bonds. The standard InChI is InChI=1S/C11H16N2OS/c1-8-6-9(12)2-3-10(8)13-4-5-14-7-11(13)15/h2-3,6,11,15H,4-5,7,12H2,1H3. The molecule has 1 fully saturated rings. The van der Waals surface area contributed by atoms with E-state index in [0.29, 0.717) is 6.61 Å². The smallest absolute Gasteiger partial charge is 0.0956 e. The second-order valence-electron chi connectivity index (χ2n) is 3.79. The van der Waals surface area contributed by atoms with Crippen LogP contribution < -0.4 is 10.6 Å². The summed E-state index contributed by atoms with van der Waals surface area (Å²) >= 11 is 4.51. The minimum absolute atomic E-state index is 0.140. The molecule has 0 radical (unpaired) electrons. The fourth-order valence-electron chi connectivity index (χ4n) is 1.87. The Morgan fingerprint density at radius 3 is 3.00 bits per heavy atom. The molecule has 0 bridgehead atoms. The number of rotatable bonds is 1. The van der Waals surface area contributed by atoms with Gasteiger partial charge in [0, 0.05) is 17.9 Å². The zero-order valence-electron chi connectivity index (χ0n) is 8.81. The normalized spacial score (nSPS) is 21.7. The summed E-state index contributed by atoms with van der Waals surface area (Å²) < 4.78 is 5.35. The summed E-state index contributed by atoms with van der Waals surface area (Å²) in [6.45, 7) is 4.40. The van der Waals surface area contributed by atoms with E-state index in [1.807, 2.05) is 12.1 Å². The van der Waals surface area contributed by atoms with Gasteiger partial charge in [0.15, 0.2) is 0 Å². The van der Waals surface area contributed by atoms with E-state index in [1.165, 1.54) is 11.3 Å². The maximum atomic E-state index is 5.73. The topological polar surface area (TPSA) is 38.5 Å². The van der Waals surface area contributed by atoms with Gasteiger partial charge in [-0.2, -0.15) is 12.6 Å². The minimum Gasteiger partial charge on any atom is -0.399 e. The number of nitrogen functional groups attached to an aromatic ring is 1. The molecule has 1 atom stereocenters. The Hall–Kier alpha value is -0.870. The van der Waals surface area contributed by atoms with Crippen molar-refractivity contribution in [3.8, 4) is 0 Å². The van der Waals surface area contributed by atoms with E-state index < -0.39 is 0 Å². The lowest BCUT2D eigenvalue weighted by molar-refractivity contribution is 0.115. The molecule has 0 spiro atoms. The van der Waals surface area contributed by atoms with Crippen LogP contribution in [0.25, 0.3) is 0 Å². The van der Waals surface area contributed by atoms with Gasteiger partial charge >= 0.3 is 0 Å². The number of nitrogens with two attached hydrogens (primary N) is 1. The van der Waals surface area contributed by atoms with Crippen LogP contribution in [0.3, 0.4) is 0 Å². The number of hydrogen-bond donors (Lipinski definition) is 2. The van der Waals surface area contributed by atoms with Crippen molar-refractivity contribution in [2.45, 2.75) is 12.3 Å². The summed E-state index contributed by atoms with van der Waals surface area (Å²) in [4.78, 5) is 2.25. The lowest BCUT2D eigenvalue weighted by Gasteiger charge is -2.35. The Morgan fingerprint density at radius 2 is 2.33 bits per heavy atom. The third-order valence-electron chi connectivity index (χ3n) is 2.63. The summed E-state index contributed by atoms with van der Waals surface area (Å²) in [5.74, 6) is 0. The third kappa shape index (κ3) is 2.21. The average Bonchev–Trinajstić information content (AvgIpc) is 2.20. The number of ether oxygens (including phenoxy) is 1. The second kappa shape index (κ2) is 4.33. The Bertz CT molecular complexity index is 356. The summed E-state index contributed by atoms with van der Waals surface area (Å²) in [6, 6.07) is 5.97. The van der Waals surface area contributed by atoms with Crippen LogP contribution in [0.2, 0.25) is 0 Å². The van der Waals surface area contributed by atoms with Crippen molar-refractivity contribution in [1.29, 1.82) is 0 Å². The molecule has 2 N–H and O–H groups in total. The molecular weight excluding hydrogens is 208 g/mol. The minimum atomic E-state index is 0.140. The van der Waals surface area contributed by atoms with Gasteiger partial charge < -0.3 is 15.4 Å². The average molecular weight is 224 g/mol. The Balaban J connectivity index is 2.27. The second-order valence-corrected chi connectivity index (χ2v) is 4.39. The third-order valence-corrected chi connectivity index (χ3v) is 3.06. The van der Waals surface area contributed by atoms with Crippen molar-refractivity contribution in [2.75, 3.05) is 30.4 Å². The molecule has 1 aromatic carbocycles. The fourth-order valence-corrected chi connectivity index (χ4v) is 2.22. The van der Waals surface area contributed by atoms with E-state index in [9.17, 15) is 0 Å². The van der Waals surface area contributed by atoms with Crippen LogP contribution >= 0.6 is 12.6 Å². The highest BCUT2D eigenvalue weighted by atomic mass is 32.1. The molecule has 3 nitrogen and oxygen atoms in total. The molecule has 4 heteroatoms. The first-order valence-corrected chi connectivity index (χ1v) is 5.58. The number of morpholine rings is 1. The Kier molecular flexibility index (Phi) is 3.07. The highest BCUT2D eigenvalue weighted by molar-refractivity contribution is 7.81. The Morgan fingerprint density at radius 1 is 1.53 bits per heavy atom. The zero-order valence-corrected chi connectivity index (χ0v) is 9.71. The van der Waals surface area contributed by atoms with Crippen LogP contribution in [0.4, 0.5) is 11.4 Å². The monoisotopic (exact) mass is 224 g/mol. The first kappa shape index (κ1) is 10.6. The van der Waals surface area contributed by atoms with E-state index in [2.05, 4.69) is 30.5 Å². The number of anilines is 2. The first-order chi connectivity index (χ1) is 7.18. The van der Waals surface area contributed by atoms with Crippen LogP contribution in [0, 0.1) is 6.92 Å². The van der Waals surface area contributed by atoms with Crippen LogP contribution in [-0.4, -0.2) is 25.1 Å². The van der Waals surface area contributed by atoms with E-state index >= 15 is 0 Å². The van der Waals surface area contributed by atoms with Gasteiger partial charge in [-0.3, -0.25) is 0 Å². The molecular formula is C11H16N2OS. The van der Waals surface area contributed by atoms with Crippen molar-refractivity contribution < 1.29 is 4.74 Å². The van der Waals surface area contributed by atoms with Gasteiger partial charge in [0.25, 0.3) is 0 Å². The molecule has 0 aliphatic carbocycles. The number of nitrogens with zero attached hydrogens (tertiary/aromatic N) is 1. The van der Waals surface area contributed by atoms with Crippen molar-refractivity contribution in [2.24, 2.45) is 0 Å². The van der Waals surface area contributed by atoms with E-state index in [-0.39, 0.29) is 5.37 Å². The van der Waals surface area contributed by atoms with E-state index in [4.69, 9.17) is 10.5 Å². The summed E-state index contributed by atoms with van der Waals surface area (Å²) in [5, 5.41) is 0.140. The zero-order chi connectivity index (χ0) is 10.8. The number of hydrogen-bond acceptors (Lipinski definition) is 4. The van der Waals surface area contributed by atoms with Gasteiger partial charge in [0.1, 0.15) is 0 Å². The SMILES string of the molecule is Cc1cc(N)ccc1N1CCOCC1S. The number of benzene rings is 1. The molecule has 0 saturated carbocycles. The molecule has 1 aliphatic rings. The quantitative estimate of drug-likeness (QED) is 0.563. The summed E-state index contributed by atoms with van der Waals surface area (Å²) in [6.07, 6.45) is 0. The molecule has 1 unspecified atom stereocenters. The van der Waals surface area contributed by atoms with Crippen LogP contribution in [0.1, 0.15) is 5.56 Å². The number of aryl methyl sites for hydroxylation is 1. The predicted molar refractivity (Wildman–Crippen MR) is 66.5 cm³/mol. The highest BCUT2D eigenvalue weighted by Gasteiger charge is 2.20. The number of thiol groups is 1. The molecule has 2 rings (SSSR count). The molecule has 0 aromatic heterocycles. The highest BCUT2D eigenvalue weighted by Crippen LogP contribution is 2.26. The molecule has 1 heterocycles. The largest absolute Gasteiger partial charge is 0.399 e. The molecule has 1 aliphatic heterocycles.